The quantitative estimate of drug-likeness (QED) is 0.395. The van der Waals surface area contributed by atoms with Crippen LogP contribution in [0.2, 0.25) is 0 Å². The number of alkyl halides is 3. The molecule has 1 atom stereocenters. The number of halogens is 4. The van der Waals surface area contributed by atoms with Gasteiger partial charge in [-0.3, -0.25) is 14.2 Å². The van der Waals surface area contributed by atoms with Crippen molar-refractivity contribution in [3.05, 3.63) is 59.0 Å². The molecule has 0 aliphatic rings. The largest absolute Gasteiger partial charge is 0.573 e. The predicted molar refractivity (Wildman–Crippen MR) is 111 cm³/mol. The summed E-state index contributed by atoms with van der Waals surface area (Å²) in [7, 11) is 0. The van der Waals surface area contributed by atoms with Crippen molar-refractivity contribution in [3.8, 4) is 11.5 Å². The molecule has 6 nitrogen and oxygen atoms in total. The van der Waals surface area contributed by atoms with Gasteiger partial charge in [0.15, 0.2) is 11.6 Å². The fourth-order valence-corrected chi connectivity index (χ4v) is 3.42. The Balaban J connectivity index is 2.06. The summed E-state index contributed by atoms with van der Waals surface area (Å²) in [5.74, 6) is -3.45. The number of benzene rings is 2. The summed E-state index contributed by atoms with van der Waals surface area (Å²) in [4.78, 5) is 25.6. The lowest BCUT2D eigenvalue weighted by atomic mass is 10.1. The van der Waals surface area contributed by atoms with Gasteiger partial charge in [0.1, 0.15) is 5.75 Å². The minimum Gasteiger partial charge on any atom is -0.505 e. The molecule has 0 amide bonds. The van der Waals surface area contributed by atoms with E-state index in [1.54, 1.807) is 6.92 Å². The van der Waals surface area contributed by atoms with E-state index in [1.807, 2.05) is 6.92 Å². The number of aromatic hydroxyl groups is 1. The molecule has 33 heavy (non-hydrogen) atoms. The molecule has 0 saturated heterocycles. The molecule has 10 heteroatoms. The molecular weight excluding hydrogens is 446 g/mol. The highest BCUT2D eigenvalue weighted by Crippen LogP contribution is 2.34. The molecule has 1 N–H and O–H groups in total. The number of aromatic nitrogens is 1. The standard InChI is InChI=1S/C23H21F4NO5/c1-4-12(2)32-19(30)11-16-13(3)28(17-9-10-18(29)21(24)20(16)17)22(31)14-5-7-15(8-6-14)33-23(25,26)27/h5-10,12,29H,4,11H2,1-3H3/t12-/m0/s1. The van der Waals surface area contributed by atoms with Gasteiger partial charge in [0.2, 0.25) is 0 Å². The summed E-state index contributed by atoms with van der Waals surface area (Å²) in [5, 5.41) is 9.74. The van der Waals surface area contributed by atoms with Gasteiger partial charge in [0, 0.05) is 16.6 Å². The second kappa shape index (κ2) is 9.13. The number of phenolic OH excluding ortho intramolecular Hbond substituents is 1. The lowest BCUT2D eigenvalue weighted by molar-refractivity contribution is -0.274. The Morgan fingerprint density at radius 3 is 2.33 bits per heavy atom. The zero-order chi connectivity index (χ0) is 24.5. The van der Waals surface area contributed by atoms with Crippen LogP contribution in [0, 0.1) is 12.7 Å². The highest BCUT2D eigenvalue weighted by atomic mass is 19.4. The number of carbonyl (C=O) groups excluding carboxylic acids is 2. The first-order chi connectivity index (χ1) is 15.4. The molecule has 3 rings (SSSR count). The highest BCUT2D eigenvalue weighted by molar-refractivity contribution is 6.05. The SMILES string of the molecule is CC[C@H](C)OC(=O)Cc1c(C)n(C(=O)c2ccc(OC(F)(F)F)cc2)c2ccc(O)c(F)c12. The molecule has 0 unspecified atom stereocenters. The van der Waals surface area contributed by atoms with E-state index in [0.717, 1.165) is 34.9 Å². The number of phenols is 1. The molecular formula is C23H21F4NO5. The topological polar surface area (TPSA) is 77.8 Å². The van der Waals surface area contributed by atoms with Gasteiger partial charge in [0.05, 0.1) is 18.0 Å². The van der Waals surface area contributed by atoms with Crippen LogP contribution in [-0.2, 0) is 16.0 Å². The first kappa shape index (κ1) is 24.1. The van der Waals surface area contributed by atoms with E-state index in [1.165, 1.54) is 13.0 Å². The molecule has 0 saturated carbocycles. The Bertz CT molecular complexity index is 1200. The lowest BCUT2D eigenvalue weighted by Gasteiger charge is -2.11. The normalized spacial score (nSPS) is 12.6. The number of ether oxygens (including phenoxy) is 2. The van der Waals surface area contributed by atoms with Crippen molar-refractivity contribution in [2.45, 2.75) is 46.1 Å². The zero-order valence-corrected chi connectivity index (χ0v) is 18.0. The van der Waals surface area contributed by atoms with Crippen LogP contribution < -0.4 is 4.74 Å². The van der Waals surface area contributed by atoms with Crippen LogP contribution in [-0.4, -0.2) is 34.0 Å². The van der Waals surface area contributed by atoms with E-state index >= 15 is 0 Å². The van der Waals surface area contributed by atoms with E-state index < -0.39 is 35.6 Å². The first-order valence-electron chi connectivity index (χ1n) is 10.0. The maximum atomic E-state index is 14.9. The number of hydrogen-bond donors (Lipinski definition) is 1. The molecule has 0 aliphatic carbocycles. The minimum atomic E-state index is -4.88. The molecule has 2 aromatic carbocycles. The summed E-state index contributed by atoms with van der Waals surface area (Å²) in [6.07, 6.45) is -5.00. The number of hydrogen-bond acceptors (Lipinski definition) is 5. The van der Waals surface area contributed by atoms with Crippen molar-refractivity contribution in [1.29, 1.82) is 0 Å². The van der Waals surface area contributed by atoms with Crippen molar-refractivity contribution >= 4 is 22.8 Å². The second-order valence-corrected chi connectivity index (χ2v) is 7.46. The van der Waals surface area contributed by atoms with Crippen LogP contribution in [0.3, 0.4) is 0 Å². The summed E-state index contributed by atoms with van der Waals surface area (Å²) in [6, 6.07) is 6.65. The van der Waals surface area contributed by atoms with Crippen LogP contribution in [0.15, 0.2) is 36.4 Å². The van der Waals surface area contributed by atoms with E-state index in [9.17, 15) is 32.3 Å². The van der Waals surface area contributed by atoms with Gasteiger partial charge < -0.3 is 14.6 Å². The summed E-state index contributed by atoms with van der Waals surface area (Å²) >= 11 is 0. The van der Waals surface area contributed by atoms with Crippen LogP contribution in [0.4, 0.5) is 17.6 Å². The van der Waals surface area contributed by atoms with Gasteiger partial charge in [-0.05, 0) is 62.2 Å². The van der Waals surface area contributed by atoms with Crippen LogP contribution in [0.1, 0.15) is 41.9 Å². The predicted octanol–water partition coefficient (Wildman–Crippen LogP) is 5.27. The number of nitrogens with zero attached hydrogens (tertiary/aromatic N) is 1. The Morgan fingerprint density at radius 2 is 1.76 bits per heavy atom. The van der Waals surface area contributed by atoms with Gasteiger partial charge >= 0.3 is 12.3 Å². The highest BCUT2D eigenvalue weighted by Gasteiger charge is 2.31. The number of rotatable bonds is 6. The van der Waals surface area contributed by atoms with Crippen molar-refractivity contribution in [2.24, 2.45) is 0 Å². The summed E-state index contributed by atoms with van der Waals surface area (Å²) in [6.45, 7) is 5.04. The van der Waals surface area contributed by atoms with Crippen molar-refractivity contribution in [2.75, 3.05) is 0 Å². The summed E-state index contributed by atoms with van der Waals surface area (Å²) in [5.41, 5.74) is 0.495. The maximum Gasteiger partial charge on any atom is 0.573 e. The maximum absolute atomic E-state index is 14.9. The molecule has 0 radical (unpaired) electrons. The Labute approximate surface area is 186 Å². The van der Waals surface area contributed by atoms with Crippen molar-refractivity contribution < 1.29 is 41.7 Å². The molecule has 0 spiro atoms. The number of carbonyl (C=O) groups is 2. The average molecular weight is 467 g/mol. The molecule has 0 bridgehead atoms. The first-order valence-corrected chi connectivity index (χ1v) is 10.0. The molecule has 1 aromatic heterocycles. The molecule has 1 heterocycles. The third-order valence-corrected chi connectivity index (χ3v) is 5.18. The average Bonchev–Trinajstić information content (AvgIpc) is 3.01. The van der Waals surface area contributed by atoms with E-state index in [-0.39, 0.29) is 40.2 Å². The van der Waals surface area contributed by atoms with Gasteiger partial charge in [-0.25, -0.2) is 4.39 Å². The van der Waals surface area contributed by atoms with Gasteiger partial charge in [-0.15, -0.1) is 13.2 Å². The van der Waals surface area contributed by atoms with Crippen LogP contribution >= 0.6 is 0 Å². The second-order valence-electron chi connectivity index (χ2n) is 7.46. The fourth-order valence-electron chi connectivity index (χ4n) is 3.42. The van der Waals surface area contributed by atoms with Gasteiger partial charge in [0.25, 0.3) is 5.91 Å². The third kappa shape index (κ3) is 5.10. The Hall–Kier alpha value is -3.56. The monoisotopic (exact) mass is 467 g/mol. The Morgan fingerprint density at radius 1 is 1.12 bits per heavy atom. The lowest BCUT2D eigenvalue weighted by Crippen LogP contribution is -2.18. The van der Waals surface area contributed by atoms with Crippen LogP contribution in [0.25, 0.3) is 10.9 Å². The van der Waals surface area contributed by atoms with E-state index in [0.29, 0.717) is 6.42 Å². The van der Waals surface area contributed by atoms with E-state index in [4.69, 9.17) is 4.74 Å². The van der Waals surface area contributed by atoms with Crippen molar-refractivity contribution in [1.82, 2.24) is 4.57 Å². The summed E-state index contributed by atoms with van der Waals surface area (Å²) < 4.78 is 62.2. The molecule has 0 fully saturated rings. The minimum absolute atomic E-state index is 0.00624. The van der Waals surface area contributed by atoms with Gasteiger partial charge in [-0.2, -0.15) is 0 Å². The Kier molecular flexibility index (Phi) is 6.66. The fraction of sp³-hybridized carbons (Fsp3) is 0.304. The van der Waals surface area contributed by atoms with Crippen LogP contribution in [0.5, 0.6) is 11.5 Å². The third-order valence-electron chi connectivity index (χ3n) is 5.18. The smallest absolute Gasteiger partial charge is 0.505 e. The molecule has 176 valence electrons. The zero-order valence-electron chi connectivity index (χ0n) is 18.0. The molecule has 0 aliphatic heterocycles. The van der Waals surface area contributed by atoms with Crippen molar-refractivity contribution in [3.63, 3.8) is 0 Å². The molecule has 3 aromatic rings. The number of esters is 1. The van der Waals surface area contributed by atoms with Gasteiger partial charge in [-0.1, -0.05) is 6.92 Å². The van der Waals surface area contributed by atoms with E-state index in [2.05, 4.69) is 4.74 Å². The number of fused-ring (bicyclic) bond motifs is 1.